The van der Waals surface area contributed by atoms with E-state index in [9.17, 15) is 0 Å². The number of hydrogen-bond acceptors (Lipinski definition) is 3. The Labute approximate surface area is 102 Å². The molecule has 0 aliphatic heterocycles. The summed E-state index contributed by atoms with van der Waals surface area (Å²) in [6, 6.07) is 8.18. The van der Waals surface area contributed by atoms with Crippen LogP contribution in [0.3, 0.4) is 0 Å². The molecule has 1 N–H and O–H groups in total. The minimum atomic E-state index is 0.621. The molecule has 0 bridgehead atoms. The van der Waals surface area contributed by atoms with E-state index < -0.39 is 0 Å². The molecule has 0 aliphatic rings. The van der Waals surface area contributed by atoms with Crippen LogP contribution in [0.2, 0.25) is 0 Å². The number of nitrogens with one attached hydrogen (secondary N) is 1. The van der Waals surface area contributed by atoms with Gasteiger partial charge < -0.3 is 5.32 Å². The van der Waals surface area contributed by atoms with Gasteiger partial charge in [-0.15, -0.1) is 5.10 Å². The Bertz CT molecular complexity index is 488. The van der Waals surface area contributed by atoms with Crippen LogP contribution in [-0.2, 0) is 0 Å². The fraction of sp³-hybridized carbons (Fsp3) is 0.429. The second-order valence-corrected chi connectivity index (χ2v) is 4.88. The molecule has 3 nitrogen and oxygen atoms in total. The molecule has 0 amide bonds. The molecule has 0 saturated heterocycles. The van der Waals surface area contributed by atoms with Gasteiger partial charge in [0.1, 0.15) is 0 Å². The van der Waals surface area contributed by atoms with E-state index in [0.717, 1.165) is 23.1 Å². The van der Waals surface area contributed by atoms with Gasteiger partial charge in [0.2, 0.25) is 0 Å². The largest absolute Gasteiger partial charge is 0.368 e. The van der Waals surface area contributed by atoms with Crippen molar-refractivity contribution in [2.75, 3.05) is 11.9 Å². The van der Waals surface area contributed by atoms with E-state index in [-0.39, 0.29) is 0 Å². The number of fused-ring (bicyclic) bond motifs is 1. The van der Waals surface area contributed by atoms with E-state index in [1.54, 1.807) is 6.20 Å². The first-order valence-electron chi connectivity index (χ1n) is 6.13. The van der Waals surface area contributed by atoms with E-state index in [1.807, 2.05) is 12.1 Å². The van der Waals surface area contributed by atoms with Crippen LogP contribution < -0.4 is 5.32 Å². The van der Waals surface area contributed by atoms with Gasteiger partial charge in [-0.1, -0.05) is 45.0 Å². The average molecular weight is 229 g/mol. The first kappa shape index (κ1) is 11.8. The van der Waals surface area contributed by atoms with Crippen molar-refractivity contribution in [2.45, 2.75) is 20.8 Å². The third-order valence-electron chi connectivity index (χ3n) is 3.30. The summed E-state index contributed by atoms with van der Waals surface area (Å²) in [7, 11) is 0. The molecule has 0 spiro atoms. The van der Waals surface area contributed by atoms with Gasteiger partial charge in [-0.3, -0.25) is 0 Å². The summed E-state index contributed by atoms with van der Waals surface area (Å²) >= 11 is 0. The van der Waals surface area contributed by atoms with Crippen molar-refractivity contribution in [3.8, 4) is 0 Å². The maximum absolute atomic E-state index is 4.18. The number of benzene rings is 1. The molecular weight excluding hydrogens is 210 g/mol. The van der Waals surface area contributed by atoms with Crippen LogP contribution in [0.4, 0.5) is 5.82 Å². The highest BCUT2D eigenvalue weighted by atomic mass is 15.2. The molecule has 1 atom stereocenters. The predicted octanol–water partition coefficient (Wildman–Crippen LogP) is 3.33. The number of anilines is 1. The lowest BCUT2D eigenvalue weighted by Crippen LogP contribution is -2.17. The zero-order chi connectivity index (χ0) is 12.3. The maximum atomic E-state index is 4.18. The van der Waals surface area contributed by atoms with E-state index in [2.05, 4.69) is 48.4 Å². The van der Waals surface area contributed by atoms with Crippen molar-refractivity contribution in [1.29, 1.82) is 0 Å². The van der Waals surface area contributed by atoms with Gasteiger partial charge in [0.15, 0.2) is 5.82 Å². The monoisotopic (exact) mass is 229 g/mol. The maximum Gasteiger partial charge on any atom is 0.156 e. The molecular formula is C14H19N3. The fourth-order valence-corrected chi connectivity index (χ4v) is 1.65. The summed E-state index contributed by atoms with van der Waals surface area (Å²) in [6.45, 7) is 7.65. The molecule has 0 saturated carbocycles. The van der Waals surface area contributed by atoms with Gasteiger partial charge in [-0.05, 0) is 11.8 Å². The second kappa shape index (κ2) is 5.13. The standard InChI is InChI=1S/C14H19N3/c1-10(2)11(3)8-15-14-13-7-5-4-6-12(13)9-16-17-14/h4-7,9-11H,8H2,1-3H3,(H,15,17). The van der Waals surface area contributed by atoms with Crippen molar-refractivity contribution in [3.63, 3.8) is 0 Å². The number of nitrogens with zero attached hydrogens (tertiary/aromatic N) is 2. The smallest absolute Gasteiger partial charge is 0.156 e. The minimum Gasteiger partial charge on any atom is -0.368 e. The average Bonchev–Trinajstić information content (AvgIpc) is 2.35. The molecule has 1 unspecified atom stereocenters. The Morgan fingerprint density at radius 1 is 1.18 bits per heavy atom. The van der Waals surface area contributed by atoms with E-state index >= 15 is 0 Å². The highest BCUT2D eigenvalue weighted by molar-refractivity contribution is 5.90. The lowest BCUT2D eigenvalue weighted by molar-refractivity contribution is 0.439. The van der Waals surface area contributed by atoms with Crippen LogP contribution in [0.25, 0.3) is 10.8 Å². The van der Waals surface area contributed by atoms with Gasteiger partial charge in [0, 0.05) is 17.3 Å². The minimum absolute atomic E-state index is 0.621. The molecule has 3 heteroatoms. The lowest BCUT2D eigenvalue weighted by atomic mass is 9.98. The zero-order valence-electron chi connectivity index (χ0n) is 10.6. The Kier molecular flexibility index (Phi) is 3.57. The number of rotatable bonds is 4. The summed E-state index contributed by atoms with van der Waals surface area (Å²) in [5.41, 5.74) is 0. The van der Waals surface area contributed by atoms with Gasteiger partial charge >= 0.3 is 0 Å². The van der Waals surface area contributed by atoms with Crippen molar-refractivity contribution in [3.05, 3.63) is 30.5 Å². The fourth-order valence-electron chi connectivity index (χ4n) is 1.65. The quantitative estimate of drug-likeness (QED) is 0.873. The van der Waals surface area contributed by atoms with Crippen LogP contribution >= 0.6 is 0 Å². The molecule has 1 aromatic heterocycles. The summed E-state index contributed by atoms with van der Waals surface area (Å²) in [4.78, 5) is 0. The zero-order valence-corrected chi connectivity index (χ0v) is 10.6. The molecule has 2 rings (SSSR count). The van der Waals surface area contributed by atoms with Crippen LogP contribution in [0, 0.1) is 11.8 Å². The molecule has 1 heterocycles. The van der Waals surface area contributed by atoms with Gasteiger partial charge in [0.25, 0.3) is 0 Å². The Morgan fingerprint density at radius 3 is 2.71 bits per heavy atom. The topological polar surface area (TPSA) is 37.8 Å². The van der Waals surface area contributed by atoms with E-state index in [1.165, 1.54) is 0 Å². The van der Waals surface area contributed by atoms with Crippen LogP contribution in [0.5, 0.6) is 0 Å². The van der Waals surface area contributed by atoms with Gasteiger partial charge in [0.05, 0.1) is 6.20 Å². The molecule has 90 valence electrons. The Hall–Kier alpha value is -1.64. The molecule has 17 heavy (non-hydrogen) atoms. The highest BCUT2D eigenvalue weighted by Gasteiger charge is 2.08. The van der Waals surface area contributed by atoms with Crippen molar-refractivity contribution in [2.24, 2.45) is 11.8 Å². The highest BCUT2D eigenvalue weighted by Crippen LogP contribution is 2.20. The summed E-state index contributed by atoms with van der Waals surface area (Å²) in [6.07, 6.45) is 1.80. The van der Waals surface area contributed by atoms with Crippen molar-refractivity contribution >= 4 is 16.6 Å². The third kappa shape index (κ3) is 2.73. The Balaban J connectivity index is 2.19. The first-order chi connectivity index (χ1) is 8.18. The second-order valence-electron chi connectivity index (χ2n) is 4.88. The van der Waals surface area contributed by atoms with Crippen molar-refractivity contribution in [1.82, 2.24) is 10.2 Å². The third-order valence-corrected chi connectivity index (χ3v) is 3.30. The van der Waals surface area contributed by atoms with Crippen LogP contribution in [0.15, 0.2) is 30.5 Å². The van der Waals surface area contributed by atoms with Crippen LogP contribution in [-0.4, -0.2) is 16.7 Å². The first-order valence-corrected chi connectivity index (χ1v) is 6.13. The summed E-state index contributed by atoms with van der Waals surface area (Å²) in [5, 5.41) is 13.9. The SMILES string of the molecule is CC(C)C(C)CNc1nncc2ccccc12. The molecule has 1 aromatic carbocycles. The van der Waals surface area contributed by atoms with Gasteiger partial charge in [-0.25, -0.2) is 0 Å². The predicted molar refractivity (Wildman–Crippen MR) is 72.0 cm³/mol. The van der Waals surface area contributed by atoms with Gasteiger partial charge in [-0.2, -0.15) is 5.10 Å². The molecule has 0 aliphatic carbocycles. The number of aromatic nitrogens is 2. The molecule has 0 fully saturated rings. The summed E-state index contributed by atoms with van der Waals surface area (Å²) in [5.74, 6) is 2.18. The van der Waals surface area contributed by atoms with E-state index in [0.29, 0.717) is 11.8 Å². The molecule has 0 radical (unpaired) electrons. The van der Waals surface area contributed by atoms with Crippen LogP contribution in [0.1, 0.15) is 20.8 Å². The number of hydrogen-bond donors (Lipinski definition) is 1. The normalized spacial score (nSPS) is 12.9. The Morgan fingerprint density at radius 2 is 1.94 bits per heavy atom. The molecule has 2 aromatic rings. The van der Waals surface area contributed by atoms with Crippen molar-refractivity contribution < 1.29 is 0 Å². The lowest BCUT2D eigenvalue weighted by Gasteiger charge is -2.16. The van der Waals surface area contributed by atoms with E-state index in [4.69, 9.17) is 0 Å². The summed E-state index contributed by atoms with van der Waals surface area (Å²) < 4.78 is 0.